The van der Waals surface area contributed by atoms with Crippen molar-refractivity contribution < 1.29 is 8.78 Å². The van der Waals surface area contributed by atoms with Crippen molar-refractivity contribution in [1.29, 1.82) is 0 Å². The van der Waals surface area contributed by atoms with Crippen LogP contribution in [0.3, 0.4) is 0 Å². The Bertz CT molecular complexity index is 588. The van der Waals surface area contributed by atoms with Crippen LogP contribution < -0.4 is 5.32 Å². The predicted octanol–water partition coefficient (Wildman–Crippen LogP) is 4.08. The molecule has 2 aromatic carbocycles. The van der Waals surface area contributed by atoms with Crippen molar-refractivity contribution in [2.24, 2.45) is 0 Å². The van der Waals surface area contributed by atoms with Gasteiger partial charge in [0.15, 0.2) is 0 Å². The molecule has 0 amide bonds. The van der Waals surface area contributed by atoms with Gasteiger partial charge in [-0.3, -0.25) is 0 Å². The molecule has 3 heteroatoms. The van der Waals surface area contributed by atoms with Crippen molar-refractivity contribution in [3.05, 3.63) is 70.3 Å². The minimum Gasteiger partial charge on any atom is -0.313 e. The first-order valence-corrected chi connectivity index (χ1v) is 6.70. The van der Waals surface area contributed by atoms with E-state index in [1.807, 2.05) is 39.1 Å². The first-order chi connectivity index (χ1) is 9.52. The average molecular weight is 275 g/mol. The van der Waals surface area contributed by atoms with Crippen LogP contribution in [0.5, 0.6) is 0 Å². The van der Waals surface area contributed by atoms with Crippen molar-refractivity contribution in [3.63, 3.8) is 0 Å². The highest BCUT2D eigenvalue weighted by molar-refractivity contribution is 5.37. The van der Waals surface area contributed by atoms with Crippen LogP contribution in [0.4, 0.5) is 8.78 Å². The van der Waals surface area contributed by atoms with Crippen LogP contribution in [0.25, 0.3) is 0 Å². The fourth-order valence-electron chi connectivity index (χ4n) is 2.63. The summed E-state index contributed by atoms with van der Waals surface area (Å²) in [6, 6.07) is 9.88. The van der Waals surface area contributed by atoms with Crippen molar-refractivity contribution >= 4 is 0 Å². The summed E-state index contributed by atoms with van der Waals surface area (Å²) in [6.45, 7) is 4.10. The molecule has 0 aliphatic heterocycles. The first kappa shape index (κ1) is 14.7. The van der Waals surface area contributed by atoms with E-state index in [1.54, 1.807) is 0 Å². The molecule has 1 atom stereocenters. The second-order valence-electron chi connectivity index (χ2n) is 5.09. The van der Waals surface area contributed by atoms with Gasteiger partial charge >= 0.3 is 0 Å². The Morgan fingerprint density at radius 3 is 2.25 bits per heavy atom. The van der Waals surface area contributed by atoms with E-state index in [0.717, 1.165) is 6.07 Å². The zero-order valence-corrected chi connectivity index (χ0v) is 12.0. The van der Waals surface area contributed by atoms with Crippen LogP contribution in [0.15, 0.2) is 36.4 Å². The molecule has 20 heavy (non-hydrogen) atoms. The van der Waals surface area contributed by atoms with Crippen LogP contribution in [-0.4, -0.2) is 7.05 Å². The predicted molar refractivity (Wildman–Crippen MR) is 77.8 cm³/mol. The molecule has 1 nitrogen and oxygen atoms in total. The Balaban J connectivity index is 2.34. The SMILES string of the molecule is CNC(Cc1ccc(F)cc1F)c1c(C)cccc1C. The molecular formula is C17H19F2N. The maximum absolute atomic E-state index is 13.8. The third-order valence-corrected chi connectivity index (χ3v) is 3.68. The van der Waals surface area contributed by atoms with E-state index < -0.39 is 11.6 Å². The standard InChI is InChI=1S/C17H19F2N/c1-11-5-4-6-12(2)17(11)16(20-3)9-13-7-8-14(18)10-15(13)19/h4-8,10,16,20H,9H2,1-3H3. The smallest absolute Gasteiger partial charge is 0.129 e. The summed E-state index contributed by atoms with van der Waals surface area (Å²) < 4.78 is 26.8. The molecule has 0 aromatic heterocycles. The van der Waals surface area contributed by atoms with Gasteiger partial charge in [0.2, 0.25) is 0 Å². The van der Waals surface area contributed by atoms with Crippen molar-refractivity contribution in [3.8, 4) is 0 Å². The van der Waals surface area contributed by atoms with E-state index in [0.29, 0.717) is 12.0 Å². The number of hydrogen-bond donors (Lipinski definition) is 1. The van der Waals surface area contributed by atoms with Crippen LogP contribution in [0, 0.1) is 25.5 Å². The van der Waals surface area contributed by atoms with Crippen molar-refractivity contribution in [2.75, 3.05) is 7.05 Å². The van der Waals surface area contributed by atoms with E-state index in [4.69, 9.17) is 0 Å². The fraction of sp³-hybridized carbons (Fsp3) is 0.294. The molecule has 0 aliphatic carbocycles. The lowest BCUT2D eigenvalue weighted by atomic mass is 9.92. The molecule has 2 rings (SSSR count). The number of rotatable bonds is 4. The number of hydrogen-bond acceptors (Lipinski definition) is 1. The molecule has 106 valence electrons. The van der Waals surface area contributed by atoms with Crippen LogP contribution >= 0.6 is 0 Å². The number of nitrogens with one attached hydrogen (secondary N) is 1. The minimum atomic E-state index is -0.542. The molecule has 2 aromatic rings. The largest absolute Gasteiger partial charge is 0.313 e. The van der Waals surface area contributed by atoms with Gasteiger partial charge in [-0.05, 0) is 55.6 Å². The highest BCUT2D eigenvalue weighted by Gasteiger charge is 2.16. The van der Waals surface area contributed by atoms with Crippen molar-refractivity contribution in [2.45, 2.75) is 26.3 Å². The van der Waals surface area contributed by atoms with Gasteiger partial charge < -0.3 is 5.32 Å². The average Bonchev–Trinajstić information content (AvgIpc) is 2.39. The molecule has 0 radical (unpaired) electrons. The fourth-order valence-corrected chi connectivity index (χ4v) is 2.63. The summed E-state index contributed by atoms with van der Waals surface area (Å²) in [7, 11) is 1.86. The number of aryl methyl sites for hydroxylation is 2. The van der Waals surface area contributed by atoms with Gasteiger partial charge in [0.1, 0.15) is 11.6 Å². The van der Waals surface area contributed by atoms with E-state index in [-0.39, 0.29) is 6.04 Å². The Labute approximate surface area is 118 Å². The van der Waals surface area contributed by atoms with Gasteiger partial charge in [-0.15, -0.1) is 0 Å². The van der Waals surface area contributed by atoms with Crippen LogP contribution in [0.2, 0.25) is 0 Å². The topological polar surface area (TPSA) is 12.0 Å². The van der Waals surface area contributed by atoms with E-state index >= 15 is 0 Å². The third kappa shape index (κ3) is 3.05. The van der Waals surface area contributed by atoms with E-state index in [2.05, 4.69) is 5.32 Å². The normalized spacial score (nSPS) is 12.4. The maximum Gasteiger partial charge on any atom is 0.129 e. The van der Waals surface area contributed by atoms with Gasteiger partial charge in [-0.2, -0.15) is 0 Å². The number of likely N-dealkylation sites (N-methyl/N-ethyl adjacent to an activating group) is 1. The molecule has 0 saturated carbocycles. The molecule has 0 aliphatic rings. The Kier molecular flexibility index (Phi) is 4.50. The quantitative estimate of drug-likeness (QED) is 0.886. The van der Waals surface area contributed by atoms with Gasteiger partial charge in [0.25, 0.3) is 0 Å². The summed E-state index contributed by atoms with van der Waals surface area (Å²) in [5, 5.41) is 3.23. The highest BCUT2D eigenvalue weighted by Crippen LogP contribution is 2.26. The summed E-state index contributed by atoms with van der Waals surface area (Å²) in [6.07, 6.45) is 0.494. The molecule has 0 bridgehead atoms. The summed E-state index contributed by atoms with van der Waals surface area (Å²) in [5.41, 5.74) is 4.05. The highest BCUT2D eigenvalue weighted by atomic mass is 19.1. The molecule has 0 fully saturated rings. The molecule has 0 heterocycles. The zero-order chi connectivity index (χ0) is 14.7. The lowest BCUT2D eigenvalue weighted by molar-refractivity contribution is 0.538. The number of benzene rings is 2. The van der Waals surface area contributed by atoms with Gasteiger partial charge in [0, 0.05) is 12.1 Å². The molecule has 0 spiro atoms. The second kappa shape index (κ2) is 6.14. The molecular weight excluding hydrogens is 256 g/mol. The minimum absolute atomic E-state index is 0.0103. The first-order valence-electron chi connectivity index (χ1n) is 6.70. The summed E-state index contributed by atoms with van der Waals surface area (Å²) in [5.74, 6) is -1.03. The second-order valence-corrected chi connectivity index (χ2v) is 5.09. The summed E-state index contributed by atoms with van der Waals surface area (Å²) in [4.78, 5) is 0. The maximum atomic E-state index is 13.8. The third-order valence-electron chi connectivity index (χ3n) is 3.68. The lowest BCUT2D eigenvalue weighted by Gasteiger charge is -2.21. The number of halogens is 2. The van der Waals surface area contributed by atoms with E-state index in [9.17, 15) is 8.78 Å². The van der Waals surface area contributed by atoms with Crippen LogP contribution in [-0.2, 0) is 6.42 Å². The molecule has 1 N–H and O–H groups in total. The van der Waals surface area contributed by atoms with Crippen molar-refractivity contribution in [1.82, 2.24) is 5.32 Å². The van der Waals surface area contributed by atoms with Gasteiger partial charge in [0.05, 0.1) is 0 Å². The monoisotopic (exact) mass is 275 g/mol. The zero-order valence-electron chi connectivity index (χ0n) is 12.0. The molecule has 0 saturated heterocycles. The Hall–Kier alpha value is -1.74. The molecule has 1 unspecified atom stereocenters. The van der Waals surface area contributed by atoms with Gasteiger partial charge in [-0.25, -0.2) is 8.78 Å². The Morgan fingerprint density at radius 2 is 1.70 bits per heavy atom. The lowest BCUT2D eigenvalue weighted by Crippen LogP contribution is -2.21. The van der Waals surface area contributed by atoms with Gasteiger partial charge in [-0.1, -0.05) is 24.3 Å². The Morgan fingerprint density at radius 1 is 1.05 bits per heavy atom. The van der Waals surface area contributed by atoms with Crippen LogP contribution in [0.1, 0.15) is 28.3 Å². The summed E-state index contributed by atoms with van der Waals surface area (Å²) >= 11 is 0. The van der Waals surface area contributed by atoms with E-state index in [1.165, 1.54) is 28.8 Å².